The third-order valence-corrected chi connectivity index (χ3v) is 8.78. The van der Waals surface area contributed by atoms with Gasteiger partial charge in [0.25, 0.3) is 11.8 Å². The quantitative estimate of drug-likeness (QED) is 0.410. The zero-order chi connectivity index (χ0) is 29.0. The van der Waals surface area contributed by atoms with E-state index in [-0.39, 0.29) is 59.1 Å². The van der Waals surface area contributed by atoms with Gasteiger partial charge in [0.05, 0.1) is 41.5 Å². The van der Waals surface area contributed by atoms with Crippen LogP contribution in [0.15, 0.2) is 66.0 Å². The van der Waals surface area contributed by atoms with E-state index in [1.54, 1.807) is 25.1 Å². The highest BCUT2D eigenvalue weighted by atomic mass is 35.5. The van der Waals surface area contributed by atoms with Crippen molar-refractivity contribution in [3.8, 4) is 5.75 Å². The first-order chi connectivity index (χ1) is 19.0. The van der Waals surface area contributed by atoms with Crippen LogP contribution in [-0.2, 0) is 10.0 Å². The molecule has 1 aliphatic heterocycles. The third kappa shape index (κ3) is 6.25. The van der Waals surface area contributed by atoms with Gasteiger partial charge in [0.15, 0.2) is 5.75 Å². The largest absolute Gasteiger partial charge is 0.486 e. The number of hydrogen-bond donors (Lipinski definition) is 2. The van der Waals surface area contributed by atoms with Crippen LogP contribution in [0.4, 0.5) is 5.69 Å². The molecule has 3 atom stereocenters. The molecule has 0 unspecified atom stereocenters. The summed E-state index contributed by atoms with van der Waals surface area (Å²) in [6, 6.07) is 10.1. The van der Waals surface area contributed by atoms with Crippen molar-refractivity contribution in [2.75, 3.05) is 32.1 Å². The van der Waals surface area contributed by atoms with Crippen LogP contribution >= 0.6 is 11.6 Å². The number of anilines is 1. The zero-order valence-corrected chi connectivity index (χ0v) is 23.8. The van der Waals surface area contributed by atoms with Gasteiger partial charge in [-0.3, -0.25) is 14.6 Å². The highest BCUT2D eigenvalue weighted by Crippen LogP contribution is 2.35. The molecule has 0 spiro atoms. The molecular formula is C27H30ClN5O6S. The predicted molar refractivity (Wildman–Crippen MR) is 149 cm³/mol. The SMILES string of the molecule is C[C@H]1CN([C@@H](C)CO)C(=O)c2cccc(NC(=O)c3cnccn3)c2O[C@H]1CN(C)S(=O)(=O)c1ccc(Cl)cc1. The Morgan fingerprint density at radius 2 is 1.98 bits per heavy atom. The molecule has 2 N–H and O–H groups in total. The Morgan fingerprint density at radius 3 is 2.62 bits per heavy atom. The molecule has 2 amide bonds. The number of sulfonamides is 1. The summed E-state index contributed by atoms with van der Waals surface area (Å²) >= 11 is 5.93. The molecule has 1 aliphatic rings. The van der Waals surface area contributed by atoms with Crippen LogP contribution in [0.3, 0.4) is 0 Å². The van der Waals surface area contributed by atoms with Crippen molar-refractivity contribution < 1.29 is 27.9 Å². The molecule has 212 valence electrons. The van der Waals surface area contributed by atoms with Crippen LogP contribution in [-0.4, -0.2) is 83.4 Å². The van der Waals surface area contributed by atoms with E-state index >= 15 is 0 Å². The van der Waals surface area contributed by atoms with Gasteiger partial charge in [-0.25, -0.2) is 13.4 Å². The fourth-order valence-corrected chi connectivity index (χ4v) is 5.61. The van der Waals surface area contributed by atoms with Gasteiger partial charge < -0.3 is 20.1 Å². The molecule has 0 bridgehead atoms. The second-order valence-electron chi connectivity index (χ2n) is 9.59. The van der Waals surface area contributed by atoms with Crippen LogP contribution < -0.4 is 10.1 Å². The lowest BCUT2D eigenvalue weighted by molar-refractivity contribution is 0.0388. The monoisotopic (exact) mass is 587 g/mol. The number of halogens is 1. The molecule has 0 saturated heterocycles. The van der Waals surface area contributed by atoms with Crippen molar-refractivity contribution in [1.82, 2.24) is 19.2 Å². The average molecular weight is 588 g/mol. The normalized spacial score (nSPS) is 18.4. The Labute approximate surface area is 237 Å². The molecule has 0 radical (unpaired) electrons. The molecular weight excluding hydrogens is 558 g/mol. The van der Waals surface area contributed by atoms with E-state index in [2.05, 4.69) is 15.3 Å². The van der Waals surface area contributed by atoms with Gasteiger partial charge in [-0.05, 0) is 43.3 Å². The van der Waals surface area contributed by atoms with E-state index in [0.29, 0.717) is 5.02 Å². The summed E-state index contributed by atoms with van der Waals surface area (Å²) in [6.45, 7) is 3.43. The standard InChI is InChI=1S/C27H30ClN5O6S/c1-17-14-33(18(2)16-34)27(36)21-5-4-6-22(31-26(35)23-13-29-11-12-30-23)25(21)39-24(17)15-32(3)40(37,38)20-9-7-19(28)8-10-20/h4-13,17-18,24,34H,14-16H2,1-3H3,(H,31,35)/t17-,18-,24-/m0/s1. The van der Waals surface area contributed by atoms with Crippen LogP contribution in [0.5, 0.6) is 5.75 Å². The Morgan fingerprint density at radius 1 is 1.25 bits per heavy atom. The first-order valence-electron chi connectivity index (χ1n) is 12.5. The van der Waals surface area contributed by atoms with Gasteiger partial charge in [-0.2, -0.15) is 4.31 Å². The highest BCUT2D eigenvalue weighted by Gasteiger charge is 2.36. The van der Waals surface area contributed by atoms with Crippen LogP contribution in [0, 0.1) is 5.92 Å². The van der Waals surface area contributed by atoms with Gasteiger partial charge in [0.1, 0.15) is 11.8 Å². The number of carbonyl (C=O) groups is 2. The van der Waals surface area contributed by atoms with Gasteiger partial charge in [0, 0.05) is 36.9 Å². The molecule has 3 aromatic rings. The van der Waals surface area contributed by atoms with Gasteiger partial charge in [0.2, 0.25) is 10.0 Å². The van der Waals surface area contributed by atoms with Crippen molar-refractivity contribution in [3.05, 3.63) is 77.3 Å². The molecule has 40 heavy (non-hydrogen) atoms. The van der Waals surface area contributed by atoms with E-state index in [9.17, 15) is 23.1 Å². The smallest absolute Gasteiger partial charge is 0.275 e. The van der Waals surface area contributed by atoms with Crippen molar-refractivity contribution >= 4 is 39.1 Å². The predicted octanol–water partition coefficient (Wildman–Crippen LogP) is 2.92. The summed E-state index contributed by atoms with van der Waals surface area (Å²) in [7, 11) is -2.45. The number of benzene rings is 2. The first-order valence-corrected chi connectivity index (χ1v) is 14.4. The number of para-hydroxylation sites is 1. The summed E-state index contributed by atoms with van der Waals surface area (Å²) < 4.78 is 34.2. The number of nitrogens with one attached hydrogen (secondary N) is 1. The lowest BCUT2D eigenvalue weighted by atomic mass is 9.99. The number of fused-ring (bicyclic) bond motifs is 1. The summed E-state index contributed by atoms with van der Waals surface area (Å²) in [5.74, 6) is -1.22. The molecule has 1 aromatic heterocycles. The molecule has 13 heteroatoms. The van der Waals surface area contributed by atoms with E-state index < -0.39 is 28.1 Å². The third-order valence-electron chi connectivity index (χ3n) is 6.69. The zero-order valence-electron chi connectivity index (χ0n) is 22.2. The molecule has 2 aromatic carbocycles. The highest BCUT2D eigenvalue weighted by molar-refractivity contribution is 7.89. The summed E-state index contributed by atoms with van der Waals surface area (Å²) in [6.07, 6.45) is 3.39. The fourth-order valence-electron chi connectivity index (χ4n) is 4.30. The lowest BCUT2D eigenvalue weighted by Crippen LogP contribution is -2.50. The van der Waals surface area contributed by atoms with Crippen molar-refractivity contribution in [1.29, 1.82) is 0 Å². The number of aromatic nitrogens is 2. The maximum atomic E-state index is 13.6. The molecule has 2 heterocycles. The van der Waals surface area contributed by atoms with Gasteiger partial charge >= 0.3 is 0 Å². The Balaban J connectivity index is 1.72. The van der Waals surface area contributed by atoms with Crippen LogP contribution in [0.25, 0.3) is 0 Å². The topological polar surface area (TPSA) is 142 Å². The van der Waals surface area contributed by atoms with Crippen LogP contribution in [0.2, 0.25) is 5.02 Å². The minimum absolute atomic E-state index is 0.0616. The second kappa shape index (κ2) is 12.3. The van der Waals surface area contributed by atoms with E-state index in [4.69, 9.17) is 16.3 Å². The van der Waals surface area contributed by atoms with E-state index in [0.717, 1.165) is 0 Å². The van der Waals surface area contributed by atoms with E-state index in [1.165, 1.54) is 59.1 Å². The van der Waals surface area contributed by atoms with E-state index in [1.807, 2.05) is 6.92 Å². The van der Waals surface area contributed by atoms with Crippen molar-refractivity contribution in [2.45, 2.75) is 30.9 Å². The number of ether oxygens (including phenoxy) is 1. The average Bonchev–Trinajstić information content (AvgIpc) is 2.95. The molecule has 11 nitrogen and oxygen atoms in total. The number of aliphatic hydroxyl groups excluding tert-OH is 1. The second-order valence-corrected chi connectivity index (χ2v) is 12.1. The fraction of sp³-hybridized carbons (Fsp3) is 0.333. The maximum absolute atomic E-state index is 13.6. The van der Waals surface area contributed by atoms with Gasteiger partial charge in [-0.15, -0.1) is 0 Å². The number of likely N-dealkylation sites (N-methyl/N-ethyl adjacent to an activating group) is 1. The summed E-state index contributed by atoms with van der Waals surface area (Å²) in [5, 5.41) is 13.0. The van der Waals surface area contributed by atoms with Crippen molar-refractivity contribution in [3.63, 3.8) is 0 Å². The minimum Gasteiger partial charge on any atom is -0.486 e. The Bertz CT molecular complexity index is 1470. The number of aliphatic hydroxyl groups is 1. The van der Waals surface area contributed by atoms with Crippen LogP contribution in [0.1, 0.15) is 34.7 Å². The molecule has 0 saturated carbocycles. The number of rotatable bonds is 8. The molecule has 0 fully saturated rings. The van der Waals surface area contributed by atoms with Gasteiger partial charge in [-0.1, -0.05) is 24.6 Å². The maximum Gasteiger partial charge on any atom is 0.275 e. The molecule has 0 aliphatic carbocycles. The Hall–Kier alpha value is -3.58. The Kier molecular flexibility index (Phi) is 9.04. The van der Waals surface area contributed by atoms with Crippen molar-refractivity contribution in [2.24, 2.45) is 5.92 Å². The number of hydrogen-bond acceptors (Lipinski definition) is 8. The number of nitrogens with zero attached hydrogens (tertiary/aromatic N) is 4. The summed E-state index contributed by atoms with van der Waals surface area (Å²) in [4.78, 5) is 36.0. The summed E-state index contributed by atoms with van der Waals surface area (Å²) in [5.41, 5.74) is 0.435. The minimum atomic E-state index is -3.90. The lowest BCUT2D eigenvalue weighted by Gasteiger charge is -2.38. The number of amides is 2. The number of carbonyl (C=O) groups excluding carboxylic acids is 2. The first kappa shape index (κ1) is 29.4. The molecule has 4 rings (SSSR count).